The van der Waals surface area contributed by atoms with Crippen molar-refractivity contribution in [1.29, 1.82) is 0 Å². The van der Waals surface area contributed by atoms with E-state index < -0.39 is 0 Å². The van der Waals surface area contributed by atoms with Crippen LogP contribution >= 0.6 is 11.3 Å². The first-order valence-electron chi connectivity index (χ1n) is 11.1. The molecule has 0 radical (unpaired) electrons. The van der Waals surface area contributed by atoms with Crippen molar-refractivity contribution in [3.8, 4) is 10.6 Å². The number of nitrogens with zero attached hydrogens (tertiary/aromatic N) is 4. The minimum Gasteiger partial charge on any atom is -0.276 e. The number of thiophene rings is 1. The van der Waals surface area contributed by atoms with E-state index in [-0.39, 0.29) is 17.2 Å². The van der Waals surface area contributed by atoms with E-state index in [9.17, 15) is 9.59 Å². The molecule has 5 rings (SSSR count). The monoisotopic (exact) mass is 458 g/mol. The zero-order chi connectivity index (χ0) is 23.3. The normalized spacial score (nSPS) is 11.8. The van der Waals surface area contributed by atoms with Gasteiger partial charge in [0.05, 0.1) is 17.1 Å². The molecule has 0 aliphatic heterocycles. The third kappa shape index (κ3) is 3.53. The average Bonchev–Trinajstić information content (AvgIpc) is 3.38. The highest BCUT2D eigenvalue weighted by Gasteiger charge is 2.24. The predicted molar refractivity (Wildman–Crippen MR) is 135 cm³/mol. The van der Waals surface area contributed by atoms with E-state index in [0.29, 0.717) is 24.1 Å². The number of fused-ring (bicyclic) bond motifs is 2. The fourth-order valence-corrected chi connectivity index (χ4v) is 5.42. The Balaban J connectivity index is 1.85. The van der Waals surface area contributed by atoms with Crippen LogP contribution in [0.2, 0.25) is 0 Å². The molecule has 0 saturated heterocycles. The number of aromatic nitrogens is 4. The van der Waals surface area contributed by atoms with Crippen LogP contribution in [0.15, 0.2) is 63.5 Å². The Bertz CT molecular complexity index is 1610. The minimum absolute atomic E-state index is 0.235. The minimum atomic E-state index is -0.328. The van der Waals surface area contributed by atoms with Gasteiger partial charge in [0.2, 0.25) is 0 Å². The van der Waals surface area contributed by atoms with Gasteiger partial charge in [-0.25, -0.2) is 4.79 Å². The lowest BCUT2D eigenvalue weighted by atomic mass is 10.0. The molecule has 168 valence electrons. The van der Waals surface area contributed by atoms with Gasteiger partial charge < -0.3 is 0 Å². The molecular weight excluding hydrogens is 432 g/mol. The standard InChI is InChI=1S/C26H26N4O2S/c1-16(2)14-29-24-21(25(31)28(4)26(29)32)22(23-17(3)12-13-33-23)30(27-24)15-19-10-7-9-18-8-5-6-11-20(18)19/h5-13,16H,14-15H2,1-4H3. The van der Waals surface area contributed by atoms with Crippen LogP contribution in [0.25, 0.3) is 32.4 Å². The van der Waals surface area contributed by atoms with Crippen molar-refractivity contribution < 1.29 is 0 Å². The highest BCUT2D eigenvalue weighted by molar-refractivity contribution is 7.13. The van der Waals surface area contributed by atoms with Gasteiger partial charge in [-0.1, -0.05) is 56.3 Å². The predicted octanol–water partition coefficient (Wildman–Crippen LogP) is 4.79. The van der Waals surface area contributed by atoms with Crippen LogP contribution < -0.4 is 11.2 Å². The Morgan fingerprint density at radius 1 is 1.03 bits per heavy atom. The van der Waals surface area contributed by atoms with Crippen LogP contribution in [0.4, 0.5) is 0 Å². The molecule has 0 atom stereocenters. The van der Waals surface area contributed by atoms with Gasteiger partial charge in [0.1, 0.15) is 5.39 Å². The molecule has 0 N–H and O–H groups in total. The van der Waals surface area contributed by atoms with Crippen molar-refractivity contribution in [3.05, 3.63) is 85.9 Å². The van der Waals surface area contributed by atoms with Crippen molar-refractivity contribution in [2.45, 2.75) is 33.9 Å². The Labute approximate surface area is 195 Å². The second-order valence-corrected chi connectivity index (χ2v) is 9.84. The second-order valence-electron chi connectivity index (χ2n) is 8.93. The molecule has 5 aromatic rings. The van der Waals surface area contributed by atoms with Crippen LogP contribution in [0, 0.1) is 12.8 Å². The number of aryl methyl sites for hydroxylation is 1. The maximum atomic E-state index is 13.4. The molecule has 7 heteroatoms. The molecule has 2 aromatic carbocycles. The SMILES string of the molecule is Cc1ccsc1-c1c2c(=O)n(C)c(=O)n(CC(C)C)c2nn1Cc1cccc2ccccc12. The molecule has 0 aliphatic carbocycles. The molecule has 0 bridgehead atoms. The Morgan fingerprint density at radius 3 is 2.52 bits per heavy atom. The van der Waals surface area contributed by atoms with Gasteiger partial charge >= 0.3 is 5.69 Å². The van der Waals surface area contributed by atoms with E-state index in [1.54, 1.807) is 23.0 Å². The number of hydrogen-bond donors (Lipinski definition) is 0. The third-order valence-electron chi connectivity index (χ3n) is 6.05. The summed E-state index contributed by atoms with van der Waals surface area (Å²) in [5.74, 6) is 0.235. The summed E-state index contributed by atoms with van der Waals surface area (Å²) in [6, 6.07) is 16.6. The van der Waals surface area contributed by atoms with Gasteiger partial charge in [0, 0.05) is 13.6 Å². The molecule has 33 heavy (non-hydrogen) atoms. The summed E-state index contributed by atoms with van der Waals surface area (Å²) in [4.78, 5) is 27.4. The molecule has 0 unspecified atom stereocenters. The first-order valence-corrected chi connectivity index (χ1v) is 12.0. The van der Waals surface area contributed by atoms with Crippen molar-refractivity contribution in [2.24, 2.45) is 13.0 Å². The first-order chi connectivity index (χ1) is 15.9. The summed E-state index contributed by atoms with van der Waals surface area (Å²) in [7, 11) is 1.55. The highest BCUT2D eigenvalue weighted by Crippen LogP contribution is 2.34. The summed E-state index contributed by atoms with van der Waals surface area (Å²) < 4.78 is 4.76. The maximum Gasteiger partial charge on any atom is 0.332 e. The number of rotatable bonds is 5. The quantitative estimate of drug-likeness (QED) is 0.380. The summed E-state index contributed by atoms with van der Waals surface area (Å²) in [5, 5.41) is 9.75. The zero-order valence-corrected chi connectivity index (χ0v) is 20.0. The summed E-state index contributed by atoms with van der Waals surface area (Å²) in [6.45, 7) is 7.16. The van der Waals surface area contributed by atoms with Crippen LogP contribution in [0.1, 0.15) is 25.0 Å². The Kier molecular flexibility index (Phi) is 5.29. The Morgan fingerprint density at radius 2 is 1.79 bits per heavy atom. The van der Waals surface area contributed by atoms with E-state index >= 15 is 0 Å². The molecule has 0 amide bonds. The van der Waals surface area contributed by atoms with Gasteiger partial charge in [-0.2, -0.15) is 5.10 Å². The lowest BCUT2D eigenvalue weighted by molar-refractivity contribution is 0.498. The zero-order valence-electron chi connectivity index (χ0n) is 19.2. The van der Waals surface area contributed by atoms with E-state index in [1.807, 2.05) is 35.2 Å². The molecule has 3 heterocycles. The molecule has 0 saturated carbocycles. The van der Waals surface area contributed by atoms with E-state index in [2.05, 4.69) is 44.2 Å². The van der Waals surface area contributed by atoms with Crippen LogP contribution in [-0.2, 0) is 20.1 Å². The maximum absolute atomic E-state index is 13.4. The third-order valence-corrected chi connectivity index (χ3v) is 7.07. The van der Waals surface area contributed by atoms with Gasteiger partial charge in [0.25, 0.3) is 5.56 Å². The van der Waals surface area contributed by atoms with E-state index in [0.717, 1.165) is 32.5 Å². The average molecular weight is 459 g/mol. The van der Waals surface area contributed by atoms with Crippen molar-refractivity contribution in [3.63, 3.8) is 0 Å². The fraction of sp³-hybridized carbons (Fsp3) is 0.269. The lowest BCUT2D eigenvalue weighted by Crippen LogP contribution is -2.38. The van der Waals surface area contributed by atoms with E-state index in [1.165, 1.54) is 4.57 Å². The number of benzene rings is 2. The van der Waals surface area contributed by atoms with Crippen LogP contribution in [0.5, 0.6) is 0 Å². The van der Waals surface area contributed by atoms with Gasteiger partial charge in [-0.15, -0.1) is 11.3 Å². The van der Waals surface area contributed by atoms with Crippen molar-refractivity contribution in [2.75, 3.05) is 0 Å². The lowest BCUT2D eigenvalue weighted by Gasteiger charge is -2.11. The fourth-order valence-electron chi connectivity index (χ4n) is 4.44. The molecular formula is C26H26N4O2S. The second kappa shape index (κ2) is 8.15. The first kappa shape index (κ1) is 21.4. The highest BCUT2D eigenvalue weighted by atomic mass is 32.1. The summed E-state index contributed by atoms with van der Waals surface area (Å²) >= 11 is 1.59. The Hall–Kier alpha value is -3.45. The van der Waals surface area contributed by atoms with Crippen LogP contribution in [0.3, 0.4) is 0 Å². The van der Waals surface area contributed by atoms with Crippen LogP contribution in [-0.4, -0.2) is 18.9 Å². The van der Waals surface area contributed by atoms with Crippen molar-refractivity contribution in [1.82, 2.24) is 18.9 Å². The van der Waals surface area contributed by atoms with E-state index in [4.69, 9.17) is 5.10 Å². The molecule has 3 aromatic heterocycles. The van der Waals surface area contributed by atoms with Gasteiger partial charge in [0.15, 0.2) is 5.65 Å². The molecule has 0 fully saturated rings. The largest absolute Gasteiger partial charge is 0.332 e. The topological polar surface area (TPSA) is 61.8 Å². The van der Waals surface area contributed by atoms with Gasteiger partial charge in [-0.05, 0) is 46.2 Å². The smallest absolute Gasteiger partial charge is 0.276 e. The summed E-state index contributed by atoms with van der Waals surface area (Å²) in [5.41, 5.74) is 2.81. The van der Waals surface area contributed by atoms with Crippen molar-refractivity contribution >= 4 is 33.1 Å². The molecule has 0 aliphatic rings. The summed E-state index contributed by atoms with van der Waals surface area (Å²) in [6.07, 6.45) is 0. The number of hydrogen-bond acceptors (Lipinski definition) is 4. The molecule has 6 nitrogen and oxygen atoms in total. The van der Waals surface area contributed by atoms with Gasteiger partial charge in [-0.3, -0.25) is 18.6 Å². The molecule has 0 spiro atoms.